The molecule has 0 radical (unpaired) electrons. The van der Waals surface area contributed by atoms with E-state index in [0.29, 0.717) is 16.7 Å². The van der Waals surface area contributed by atoms with Gasteiger partial charge in [0.1, 0.15) is 0 Å². The van der Waals surface area contributed by atoms with Crippen LogP contribution in [0.4, 0.5) is 17.1 Å². The van der Waals surface area contributed by atoms with Gasteiger partial charge in [-0.05, 0) is 97.1 Å². The van der Waals surface area contributed by atoms with Gasteiger partial charge in [-0.15, -0.1) is 0 Å². The van der Waals surface area contributed by atoms with Crippen molar-refractivity contribution in [2.75, 3.05) is 4.90 Å². The topological polar surface area (TPSA) is 3.24 Å². The Kier molecular flexibility index (Phi) is 5.01. The first kappa shape index (κ1) is 18.5. The molecule has 53 heavy (non-hydrogen) atoms. The number of nitrogens with zero attached hydrogens (tertiary/aromatic N) is 1. The largest absolute Gasteiger partial charge is 0.310 e. The molecular weight excluding hydrogens is 639 g/mol. The third kappa shape index (κ3) is 6.65. The summed E-state index contributed by atoms with van der Waals surface area (Å²) in [5.74, 6) is 0. The first-order chi connectivity index (χ1) is 33.4. The van der Waals surface area contributed by atoms with Crippen molar-refractivity contribution >= 4 is 27.8 Å². The summed E-state index contributed by atoms with van der Waals surface area (Å²) in [6.07, 6.45) is 0. The third-order valence-corrected chi connectivity index (χ3v) is 8.78. The van der Waals surface area contributed by atoms with Crippen LogP contribution in [0.3, 0.4) is 0 Å². The van der Waals surface area contributed by atoms with E-state index < -0.39 is 131 Å². The molecule has 9 rings (SSSR count). The molecule has 250 valence electrons. The average Bonchev–Trinajstić information content (AvgIpc) is 3.37. The molecule has 0 spiro atoms. The first-order valence-electron chi connectivity index (χ1n) is 25.3. The fourth-order valence-corrected chi connectivity index (χ4v) is 6.15. The zero-order valence-corrected chi connectivity index (χ0v) is 28.0. The van der Waals surface area contributed by atoms with Gasteiger partial charge >= 0.3 is 0 Å². The van der Waals surface area contributed by atoms with E-state index in [1.165, 1.54) is 4.90 Å². The second kappa shape index (κ2) is 14.3. The molecule has 9 aromatic carbocycles. The van der Waals surface area contributed by atoms with E-state index in [2.05, 4.69) is 0 Å². The highest BCUT2D eigenvalue weighted by molar-refractivity contribution is 5.91. The molecule has 0 bridgehead atoms. The van der Waals surface area contributed by atoms with Gasteiger partial charge in [-0.3, -0.25) is 0 Å². The van der Waals surface area contributed by atoms with Crippen molar-refractivity contribution in [3.8, 4) is 55.6 Å². The highest BCUT2D eigenvalue weighted by atomic mass is 15.1. The van der Waals surface area contributed by atoms with Crippen LogP contribution in [0.2, 0.25) is 0 Å². The van der Waals surface area contributed by atoms with Crippen LogP contribution in [0.1, 0.15) is 23.3 Å². The van der Waals surface area contributed by atoms with E-state index in [-0.39, 0.29) is 16.9 Å². The van der Waals surface area contributed by atoms with Crippen molar-refractivity contribution in [2.45, 2.75) is 0 Å². The summed E-state index contributed by atoms with van der Waals surface area (Å²) in [5.41, 5.74) is 0.0545. The molecule has 0 saturated carbocycles. The van der Waals surface area contributed by atoms with Crippen LogP contribution >= 0.6 is 0 Å². The van der Waals surface area contributed by atoms with Crippen molar-refractivity contribution in [1.29, 1.82) is 0 Å². The van der Waals surface area contributed by atoms with Gasteiger partial charge in [-0.1, -0.05) is 188 Å². The van der Waals surface area contributed by atoms with Crippen molar-refractivity contribution in [3.63, 3.8) is 0 Å². The Morgan fingerprint density at radius 2 is 0.868 bits per heavy atom. The highest BCUT2D eigenvalue weighted by Gasteiger charge is 2.18. The molecule has 0 aliphatic heterocycles. The van der Waals surface area contributed by atoms with Crippen LogP contribution in [0.5, 0.6) is 0 Å². The summed E-state index contributed by atoms with van der Waals surface area (Å²) in [7, 11) is 0. The zero-order valence-electron chi connectivity index (χ0n) is 45.0. The maximum absolute atomic E-state index is 9.85. The molecule has 0 unspecified atom stereocenters. The first-order valence-corrected chi connectivity index (χ1v) is 16.8. The number of hydrogen-bond donors (Lipinski definition) is 0. The van der Waals surface area contributed by atoms with Crippen LogP contribution in [-0.2, 0) is 0 Å². The van der Waals surface area contributed by atoms with Gasteiger partial charge in [0.2, 0.25) is 0 Å². The quantitative estimate of drug-likeness (QED) is 0.153. The third-order valence-electron chi connectivity index (χ3n) is 8.78. The van der Waals surface area contributed by atoms with Crippen molar-refractivity contribution in [2.24, 2.45) is 0 Å². The Morgan fingerprint density at radius 1 is 0.321 bits per heavy atom. The SMILES string of the molecule is [2H]c1c([2H])c([2H])c(-c2c([2H])c([2H])c(-c3c([2H])c([2H])c(N(c4ccccc4-c4ccc(-c5ccccc5)cc4)c4c([2H])c([2H])c([2H])c(-c5ccc6ccccc6c5)c4[2H])c([2H])c3[2H])c([2H])c2[2H])c([2H])c1[2H]. The molecule has 0 N–H and O–H groups in total. The second-order valence-electron chi connectivity index (χ2n) is 12.1. The van der Waals surface area contributed by atoms with Gasteiger partial charge in [0.25, 0.3) is 0 Å². The van der Waals surface area contributed by atoms with Gasteiger partial charge in [0, 0.05) is 16.9 Å². The predicted molar refractivity (Wildman–Crippen MR) is 226 cm³/mol. The number of para-hydroxylation sites is 1. The molecule has 9 aromatic rings. The lowest BCUT2D eigenvalue weighted by Crippen LogP contribution is -2.11. The number of rotatable bonds is 8. The van der Waals surface area contributed by atoms with Crippen LogP contribution in [0.15, 0.2) is 224 Å². The predicted octanol–water partition coefficient (Wildman–Crippen LogP) is 14.6. The Morgan fingerprint density at radius 3 is 1.60 bits per heavy atom. The van der Waals surface area contributed by atoms with E-state index in [1.807, 2.05) is 78.9 Å². The maximum atomic E-state index is 9.85. The molecule has 0 aliphatic carbocycles. The molecule has 1 nitrogen and oxygen atoms in total. The highest BCUT2D eigenvalue weighted by Crippen LogP contribution is 2.43. The van der Waals surface area contributed by atoms with Crippen LogP contribution in [-0.4, -0.2) is 0 Å². The van der Waals surface area contributed by atoms with Gasteiger partial charge in [-0.2, -0.15) is 0 Å². The zero-order chi connectivity index (χ0) is 50.2. The number of hydrogen-bond acceptors (Lipinski definition) is 1. The van der Waals surface area contributed by atoms with Gasteiger partial charge in [-0.25, -0.2) is 0 Å². The Labute approximate surface area is 335 Å². The summed E-state index contributed by atoms with van der Waals surface area (Å²) in [6, 6.07) is 24.0. The van der Waals surface area contributed by atoms with Crippen molar-refractivity contribution in [1.82, 2.24) is 0 Å². The summed E-state index contributed by atoms with van der Waals surface area (Å²) < 4.78 is 153. The summed E-state index contributed by atoms with van der Waals surface area (Å²) in [4.78, 5) is 1.20. The number of anilines is 3. The standard InChI is InChI=1S/C52H37N/c1-3-12-38(13-4-1)41-22-24-43(25-23-41)44-32-34-49(35-33-44)53(50-19-11-18-47(37-50)48-31-28-40-16-7-8-17-46(40)36-48)52-21-10-9-20-51(52)45-29-26-42(27-30-45)39-14-5-2-6-15-39/h1-37H/i1D,3D,4D,11D,12D,13D,18D,19D,22D,23D,24D,25D,32D,33D,34D,35D,37D. The minimum Gasteiger partial charge on any atom is -0.310 e. The fourth-order valence-electron chi connectivity index (χ4n) is 6.15. The van der Waals surface area contributed by atoms with Crippen molar-refractivity contribution in [3.05, 3.63) is 224 Å². The molecular formula is C52H37N. The average molecular weight is 693 g/mol. The van der Waals surface area contributed by atoms with Gasteiger partial charge in [0.05, 0.1) is 29.0 Å². The van der Waals surface area contributed by atoms with Crippen LogP contribution in [0.25, 0.3) is 66.4 Å². The molecule has 0 saturated heterocycles. The van der Waals surface area contributed by atoms with Gasteiger partial charge < -0.3 is 4.90 Å². The van der Waals surface area contributed by atoms with Crippen LogP contribution < -0.4 is 4.90 Å². The number of fused-ring (bicyclic) bond motifs is 1. The summed E-state index contributed by atoms with van der Waals surface area (Å²) >= 11 is 0. The molecule has 0 atom stereocenters. The molecule has 0 aromatic heterocycles. The fraction of sp³-hybridized carbons (Fsp3) is 0. The van der Waals surface area contributed by atoms with Gasteiger partial charge in [0.15, 0.2) is 0 Å². The lowest BCUT2D eigenvalue weighted by molar-refractivity contribution is 1.28. The lowest BCUT2D eigenvalue weighted by atomic mass is 9.97. The Hall–Kier alpha value is -6.96. The maximum Gasteiger partial charge on any atom is 0.0651 e. The second-order valence-corrected chi connectivity index (χ2v) is 12.1. The minimum absolute atomic E-state index is 0.0360. The van der Waals surface area contributed by atoms with Crippen molar-refractivity contribution < 1.29 is 23.3 Å². The Balaban J connectivity index is 1.33. The normalized spacial score (nSPS) is 15.5. The molecule has 1 heteroatoms. The monoisotopic (exact) mass is 692 g/mol. The molecule has 0 heterocycles. The van der Waals surface area contributed by atoms with Crippen LogP contribution in [0, 0.1) is 0 Å². The molecule has 0 aliphatic rings. The minimum atomic E-state index is -0.871. The van der Waals surface area contributed by atoms with E-state index in [9.17, 15) is 8.22 Å². The molecule has 0 amide bonds. The smallest absolute Gasteiger partial charge is 0.0651 e. The molecule has 0 fully saturated rings. The lowest BCUT2D eigenvalue weighted by Gasteiger charge is -2.28. The number of benzene rings is 9. The summed E-state index contributed by atoms with van der Waals surface area (Å²) in [6.45, 7) is 0. The Bertz CT molecular complexity index is 3550. The van der Waals surface area contributed by atoms with E-state index in [1.54, 1.807) is 42.5 Å². The van der Waals surface area contributed by atoms with E-state index >= 15 is 0 Å². The van der Waals surface area contributed by atoms with E-state index in [4.69, 9.17) is 15.1 Å². The van der Waals surface area contributed by atoms with E-state index in [0.717, 1.165) is 21.9 Å². The summed E-state index contributed by atoms with van der Waals surface area (Å²) in [5, 5.41) is 1.64.